The van der Waals surface area contributed by atoms with Crippen molar-refractivity contribution in [2.75, 3.05) is 0 Å². The van der Waals surface area contributed by atoms with Gasteiger partial charge >= 0.3 is 0 Å². The molecule has 0 fully saturated rings. The van der Waals surface area contributed by atoms with Crippen LogP contribution in [0.3, 0.4) is 0 Å². The minimum Gasteiger partial charge on any atom is -0.121 e. The monoisotopic (exact) mass is 410 g/mol. The first-order chi connectivity index (χ1) is 4.61. The molecule has 0 atom stereocenters. The SMILES string of the molecule is Brc1cc(C(Br)Br)c(Br)s1. The summed E-state index contributed by atoms with van der Waals surface area (Å²) in [6.07, 6.45) is 0. The molecule has 1 heterocycles. The summed E-state index contributed by atoms with van der Waals surface area (Å²) in [7, 11) is 0. The molecule has 0 bridgehead atoms. The Morgan fingerprint density at radius 1 is 1.30 bits per heavy atom. The van der Waals surface area contributed by atoms with Crippen LogP contribution in [0.2, 0.25) is 0 Å². The molecule has 0 aliphatic carbocycles. The Balaban J connectivity index is 3.03. The summed E-state index contributed by atoms with van der Waals surface area (Å²) in [5.74, 6) is 0. The molecule has 1 aromatic heterocycles. The van der Waals surface area contributed by atoms with Crippen molar-refractivity contribution < 1.29 is 0 Å². The average molecular weight is 414 g/mol. The first-order valence-electron chi connectivity index (χ1n) is 2.34. The molecule has 0 aliphatic heterocycles. The molecule has 0 aromatic carbocycles. The number of hydrogen-bond acceptors (Lipinski definition) is 1. The number of rotatable bonds is 1. The summed E-state index contributed by atoms with van der Waals surface area (Å²) < 4.78 is 2.52. The van der Waals surface area contributed by atoms with E-state index < -0.39 is 0 Å². The standard InChI is InChI=1S/C5H2Br4S/c6-3-1-2(4(7)8)5(9)10-3/h1,4H. The number of alkyl halides is 2. The second-order valence-corrected chi connectivity index (χ2v) is 8.39. The molecule has 0 N–H and O–H groups in total. The van der Waals surface area contributed by atoms with Crippen LogP contribution in [0.1, 0.15) is 9.30 Å². The van der Waals surface area contributed by atoms with Crippen LogP contribution in [-0.2, 0) is 0 Å². The van der Waals surface area contributed by atoms with Gasteiger partial charge in [0.05, 0.1) is 11.3 Å². The Labute approximate surface area is 96.9 Å². The zero-order valence-corrected chi connectivity index (χ0v) is 11.7. The van der Waals surface area contributed by atoms with Crippen LogP contribution in [0, 0.1) is 0 Å². The van der Waals surface area contributed by atoms with Gasteiger partial charge in [-0.05, 0) is 37.9 Å². The van der Waals surface area contributed by atoms with E-state index in [4.69, 9.17) is 0 Å². The van der Waals surface area contributed by atoms with Gasteiger partial charge in [0.15, 0.2) is 0 Å². The van der Waals surface area contributed by atoms with Crippen LogP contribution in [0.25, 0.3) is 0 Å². The maximum Gasteiger partial charge on any atom is 0.0965 e. The average Bonchev–Trinajstić information content (AvgIpc) is 2.10. The molecular formula is C5H2Br4S. The van der Waals surface area contributed by atoms with Crippen LogP contribution < -0.4 is 0 Å². The van der Waals surface area contributed by atoms with Crippen molar-refractivity contribution in [2.24, 2.45) is 0 Å². The third kappa shape index (κ3) is 2.30. The van der Waals surface area contributed by atoms with E-state index in [0.717, 1.165) is 7.57 Å². The van der Waals surface area contributed by atoms with Crippen molar-refractivity contribution in [3.63, 3.8) is 0 Å². The van der Waals surface area contributed by atoms with Gasteiger partial charge in [0.2, 0.25) is 0 Å². The normalized spacial score (nSPS) is 10.9. The van der Waals surface area contributed by atoms with Crippen LogP contribution in [0.15, 0.2) is 13.6 Å². The molecule has 0 unspecified atom stereocenters. The van der Waals surface area contributed by atoms with Crippen molar-refractivity contribution in [3.05, 3.63) is 19.2 Å². The lowest BCUT2D eigenvalue weighted by atomic mass is 10.4. The Bertz CT molecular complexity index is 230. The first-order valence-corrected chi connectivity index (χ1v) is 6.57. The summed E-state index contributed by atoms with van der Waals surface area (Å²) in [4.78, 5) is 0. The summed E-state index contributed by atoms with van der Waals surface area (Å²) in [6, 6.07) is 2.07. The summed E-state index contributed by atoms with van der Waals surface area (Å²) in [6.45, 7) is 0. The van der Waals surface area contributed by atoms with Crippen molar-refractivity contribution in [1.29, 1.82) is 0 Å². The highest BCUT2D eigenvalue weighted by molar-refractivity contribution is 9.24. The zero-order chi connectivity index (χ0) is 7.72. The Hall–Kier alpha value is 1.62. The predicted molar refractivity (Wildman–Crippen MR) is 60.3 cm³/mol. The molecule has 1 aromatic rings. The molecule has 0 amide bonds. The van der Waals surface area contributed by atoms with E-state index >= 15 is 0 Å². The van der Waals surface area contributed by atoms with Crippen molar-refractivity contribution >= 4 is 75.1 Å². The molecular weight excluding hydrogens is 412 g/mol. The third-order valence-electron chi connectivity index (χ3n) is 0.918. The molecule has 10 heavy (non-hydrogen) atoms. The van der Waals surface area contributed by atoms with Gasteiger partial charge in [0.25, 0.3) is 0 Å². The maximum atomic E-state index is 3.45. The molecule has 0 saturated heterocycles. The second kappa shape index (κ2) is 4.03. The van der Waals surface area contributed by atoms with E-state index in [1.54, 1.807) is 11.3 Å². The van der Waals surface area contributed by atoms with Crippen molar-refractivity contribution in [3.8, 4) is 0 Å². The summed E-state index contributed by atoms with van der Waals surface area (Å²) in [5, 5.41) is 0. The van der Waals surface area contributed by atoms with Crippen LogP contribution in [0.4, 0.5) is 0 Å². The minimum atomic E-state index is 0.233. The highest BCUT2D eigenvalue weighted by Gasteiger charge is 2.10. The predicted octanol–water partition coefficient (Wildman–Crippen LogP) is 5.06. The summed E-state index contributed by atoms with van der Waals surface area (Å²) in [5.41, 5.74) is 1.22. The molecule has 0 aliphatic rings. The van der Waals surface area contributed by atoms with E-state index in [1.807, 2.05) is 0 Å². The third-order valence-corrected chi connectivity index (χ3v) is 4.29. The second-order valence-electron chi connectivity index (χ2n) is 1.58. The van der Waals surface area contributed by atoms with Gasteiger partial charge in [-0.1, -0.05) is 31.9 Å². The van der Waals surface area contributed by atoms with E-state index in [2.05, 4.69) is 69.8 Å². The Morgan fingerprint density at radius 2 is 1.90 bits per heavy atom. The molecule has 0 saturated carbocycles. The fraction of sp³-hybridized carbons (Fsp3) is 0.200. The molecule has 0 radical (unpaired) electrons. The lowest BCUT2D eigenvalue weighted by Gasteiger charge is -1.95. The van der Waals surface area contributed by atoms with E-state index in [9.17, 15) is 0 Å². The lowest BCUT2D eigenvalue weighted by molar-refractivity contribution is 1.46. The Morgan fingerprint density at radius 3 is 2.10 bits per heavy atom. The van der Waals surface area contributed by atoms with Crippen molar-refractivity contribution in [2.45, 2.75) is 3.74 Å². The highest BCUT2D eigenvalue weighted by atomic mass is 79.9. The van der Waals surface area contributed by atoms with Gasteiger partial charge in [-0.2, -0.15) is 0 Å². The van der Waals surface area contributed by atoms with E-state index in [1.165, 1.54) is 5.56 Å². The minimum absolute atomic E-state index is 0.233. The smallest absolute Gasteiger partial charge is 0.0965 e. The number of halogens is 4. The fourth-order valence-corrected chi connectivity index (χ4v) is 5.04. The van der Waals surface area contributed by atoms with Crippen LogP contribution in [-0.4, -0.2) is 0 Å². The zero-order valence-electron chi connectivity index (χ0n) is 4.57. The van der Waals surface area contributed by atoms with Crippen LogP contribution in [0.5, 0.6) is 0 Å². The molecule has 56 valence electrons. The molecule has 1 rings (SSSR count). The lowest BCUT2D eigenvalue weighted by Crippen LogP contribution is -1.72. The van der Waals surface area contributed by atoms with Crippen LogP contribution >= 0.6 is 75.1 Å². The van der Waals surface area contributed by atoms with Crippen molar-refractivity contribution in [1.82, 2.24) is 0 Å². The maximum absolute atomic E-state index is 3.45. The van der Waals surface area contributed by atoms with Gasteiger partial charge in [-0.3, -0.25) is 0 Å². The fourth-order valence-electron chi connectivity index (χ4n) is 0.502. The Kier molecular flexibility index (Phi) is 3.91. The first kappa shape index (κ1) is 9.71. The van der Waals surface area contributed by atoms with Gasteiger partial charge in [-0.15, -0.1) is 11.3 Å². The van der Waals surface area contributed by atoms with Gasteiger partial charge in [0.1, 0.15) is 0 Å². The topological polar surface area (TPSA) is 0 Å². The molecule has 0 spiro atoms. The summed E-state index contributed by atoms with van der Waals surface area (Å²) >= 11 is 15.4. The van der Waals surface area contributed by atoms with Gasteiger partial charge < -0.3 is 0 Å². The molecule has 0 nitrogen and oxygen atoms in total. The number of hydrogen-bond donors (Lipinski definition) is 0. The van der Waals surface area contributed by atoms with E-state index in [0.29, 0.717) is 0 Å². The molecule has 5 heteroatoms. The highest BCUT2D eigenvalue weighted by Crippen LogP contribution is 2.41. The number of thiophene rings is 1. The van der Waals surface area contributed by atoms with Gasteiger partial charge in [-0.25, -0.2) is 0 Å². The van der Waals surface area contributed by atoms with Gasteiger partial charge in [0, 0.05) is 5.56 Å². The van der Waals surface area contributed by atoms with E-state index in [-0.39, 0.29) is 3.74 Å². The largest absolute Gasteiger partial charge is 0.121 e. The quantitative estimate of drug-likeness (QED) is 0.564.